The fourth-order valence-corrected chi connectivity index (χ4v) is 3.29. The van der Waals surface area contributed by atoms with Gasteiger partial charge in [0.1, 0.15) is 0 Å². The first kappa shape index (κ1) is 18.1. The van der Waals surface area contributed by atoms with E-state index in [2.05, 4.69) is 0 Å². The number of ether oxygens (including phenoxy) is 2. The molecule has 0 aliphatic rings. The predicted octanol–water partition coefficient (Wildman–Crippen LogP) is 0.471. The monoisotopic (exact) mass is 316 g/mol. The summed E-state index contributed by atoms with van der Waals surface area (Å²) in [5.74, 6) is 0. The molecule has 2 N–H and O–H groups in total. The number of sulfonamides is 1. The molecule has 1 aromatic carbocycles. The Morgan fingerprint density at radius 3 is 2.00 bits per heavy atom. The summed E-state index contributed by atoms with van der Waals surface area (Å²) >= 11 is 0. The van der Waals surface area contributed by atoms with Crippen molar-refractivity contribution in [2.75, 3.05) is 47.1 Å². The van der Waals surface area contributed by atoms with Crippen molar-refractivity contribution in [2.45, 2.75) is 11.3 Å². The van der Waals surface area contributed by atoms with Crippen molar-refractivity contribution in [1.82, 2.24) is 4.31 Å². The lowest BCUT2D eigenvalue weighted by atomic mass is 10.2. The Morgan fingerprint density at radius 2 is 1.57 bits per heavy atom. The van der Waals surface area contributed by atoms with Gasteiger partial charge in [0, 0.05) is 27.3 Å². The third-order valence-corrected chi connectivity index (χ3v) is 5.00. The summed E-state index contributed by atoms with van der Waals surface area (Å²) in [6, 6.07) is 6.83. The highest BCUT2D eigenvalue weighted by Crippen LogP contribution is 2.16. The molecule has 0 aromatic heterocycles. The van der Waals surface area contributed by atoms with Gasteiger partial charge in [-0.25, -0.2) is 8.42 Å². The van der Waals surface area contributed by atoms with E-state index in [9.17, 15) is 8.42 Å². The van der Waals surface area contributed by atoms with Gasteiger partial charge < -0.3 is 15.2 Å². The first-order chi connectivity index (χ1) is 10.1. The fourth-order valence-electron chi connectivity index (χ4n) is 1.88. The molecule has 0 amide bonds. The van der Waals surface area contributed by atoms with E-state index < -0.39 is 10.0 Å². The van der Waals surface area contributed by atoms with Crippen LogP contribution in [-0.2, 0) is 25.9 Å². The molecule has 1 aromatic rings. The quantitative estimate of drug-likeness (QED) is 0.678. The van der Waals surface area contributed by atoms with Crippen LogP contribution in [0.4, 0.5) is 0 Å². The number of nitrogens with two attached hydrogens (primary N) is 1. The smallest absolute Gasteiger partial charge is 0.243 e. The lowest BCUT2D eigenvalue weighted by molar-refractivity contribution is 0.150. The van der Waals surface area contributed by atoms with Crippen molar-refractivity contribution in [3.8, 4) is 0 Å². The molecule has 0 unspecified atom stereocenters. The Bertz CT molecular complexity index is 494. The molecular weight excluding hydrogens is 292 g/mol. The Morgan fingerprint density at radius 1 is 1.05 bits per heavy atom. The summed E-state index contributed by atoms with van der Waals surface area (Å²) in [6.45, 7) is 1.82. The van der Waals surface area contributed by atoms with Gasteiger partial charge in [0.2, 0.25) is 10.0 Å². The molecule has 0 spiro atoms. The maximum absolute atomic E-state index is 12.6. The molecule has 0 saturated carbocycles. The molecule has 0 bridgehead atoms. The Labute approximate surface area is 126 Å². The van der Waals surface area contributed by atoms with E-state index in [1.807, 2.05) is 0 Å². The highest BCUT2D eigenvalue weighted by atomic mass is 32.2. The molecule has 0 saturated heterocycles. The fraction of sp³-hybridized carbons (Fsp3) is 0.571. The van der Waals surface area contributed by atoms with Crippen LogP contribution in [0, 0.1) is 0 Å². The summed E-state index contributed by atoms with van der Waals surface area (Å²) in [5, 5.41) is 0. The van der Waals surface area contributed by atoms with Crippen LogP contribution in [0.15, 0.2) is 29.2 Å². The van der Waals surface area contributed by atoms with Crippen LogP contribution in [0.5, 0.6) is 0 Å². The SMILES string of the molecule is COCCN(CCOC)S(=O)(=O)c1ccc(CCN)cc1. The Hall–Kier alpha value is -0.990. The number of hydrogen-bond donors (Lipinski definition) is 1. The first-order valence-electron chi connectivity index (χ1n) is 6.83. The van der Waals surface area contributed by atoms with Gasteiger partial charge in [-0.1, -0.05) is 12.1 Å². The number of benzene rings is 1. The van der Waals surface area contributed by atoms with Gasteiger partial charge in [-0.05, 0) is 30.7 Å². The third kappa shape index (κ3) is 5.37. The topological polar surface area (TPSA) is 81.9 Å². The van der Waals surface area contributed by atoms with Gasteiger partial charge in [0.25, 0.3) is 0 Å². The van der Waals surface area contributed by atoms with Crippen LogP contribution >= 0.6 is 0 Å². The van der Waals surface area contributed by atoms with E-state index in [4.69, 9.17) is 15.2 Å². The van der Waals surface area contributed by atoms with Crippen molar-refractivity contribution in [3.63, 3.8) is 0 Å². The Balaban J connectivity index is 2.92. The average molecular weight is 316 g/mol. The van der Waals surface area contributed by atoms with Gasteiger partial charge >= 0.3 is 0 Å². The predicted molar refractivity (Wildman–Crippen MR) is 81.7 cm³/mol. The zero-order valence-electron chi connectivity index (χ0n) is 12.6. The summed E-state index contributed by atoms with van der Waals surface area (Å²) < 4.78 is 36.5. The van der Waals surface area contributed by atoms with Crippen molar-refractivity contribution in [1.29, 1.82) is 0 Å². The molecule has 0 atom stereocenters. The molecule has 0 aliphatic heterocycles. The van der Waals surface area contributed by atoms with E-state index in [-0.39, 0.29) is 4.90 Å². The zero-order chi connectivity index (χ0) is 15.7. The maximum atomic E-state index is 12.6. The third-order valence-electron chi connectivity index (χ3n) is 3.08. The van der Waals surface area contributed by atoms with Gasteiger partial charge in [-0.3, -0.25) is 0 Å². The molecule has 0 heterocycles. The van der Waals surface area contributed by atoms with Crippen LogP contribution in [0.2, 0.25) is 0 Å². The number of rotatable bonds is 10. The van der Waals surface area contributed by atoms with E-state index in [1.165, 1.54) is 4.31 Å². The molecule has 7 heteroatoms. The van der Waals surface area contributed by atoms with Crippen molar-refractivity contribution in [3.05, 3.63) is 29.8 Å². The van der Waals surface area contributed by atoms with Crippen LogP contribution < -0.4 is 5.73 Å². The van der Waals surface area contributed by atoms with E-state index in [1.54, 1.807) is 38.5 Å². The second-order valence-electron chi connectivity index (χ2n) is 4.57. The van der Waals surface area contributed by atoms with Gasteiger partial charge in [0.05, 0.1) is 18.1 Å². The van der Waals surface area contributed by atoms with Crippen LogP contribution in [0.1, 0.15) is 5.56 Å². The summed E-state index contributed by atoms with van der Waals surface area (Å²) in [7, 11) is -0.446. The Kier molecular flexibility index (Phi) is 7.84. The van der Waals surface area contributed by atoms with Crippen molar-refractivity contribution < 1.29 is 17.9 Å². The lowest BCUT2D eigenvalue weighted by Gasteiger charge is -2.21. The highest BCUT2D eigenvalue weighted by molar-refractivity contribution is 7.89. The second-order valence-corrected chi connectivity index (χ2v) is 6.51. The van der Waals surface area contributed by atoms with E-state index >= 15 is 0 Å². The molecule has 0 aliphatic carbocycles. The normalized spacial score (nSPS) is 12.0. The minimum absolute atomic E-state index is 0.274. The molecule has 0 fully saturated rings. The molecule has 120 valence electrons. The molecule has 6 nitrogen and oxygen atoms in total. The molecule has 21 heavy (non-hydrogen) atoms. The van der Waals surface area contributed by atoms with E-state index in [0.29, 0.717) is 32.8 Å². The molecule has 1 rings (SSSR count). The highest BCUT2D eigenvalue weighted by Gasteiger charge is 2.23. The minimum atomic E-state index is -3.54. The summed E-state index contributed by atoms with van der Waals surface area (Å²) in [6.07, 6.45) is 0.734. The maximum Gasteiger partial charge on any atom is 0.243 e. The lowest BCUT2D eigenvalue weighted by Crippen LogP contribution is -2.36. The molecular formula is C14H24N2O4S. The minimum Gasteiger partial charge on any atom is -0.383 e. The number of methoxy groups -OCH3 is 2. The van der Waals surface area contributed by atoms with Gasteiger partial charge in [0.15, 0.2) is 0 Å². The van der Waals surface area contributed by atoms with Crippen LogP contribution in [-0.4, -0.2) is 59.8 Å². The van der Waals surface area contributed by atoms with Crippen molar-refractivity contribution >= 4 is 10.0 Å². The second kappa shape index (κ2) is 9.11. The number of hydrogen-bond acceptors (Lipinski definition) is 5. The van der Waals surface area contributed by atoms with Crippen LogP contribution in [0.25, 0.3) is 0 Å². The van der Waals surface area contributed by atoms with Crippen molar-refractivity contribution in [2.24, 2.45) is 5.73 Å². The van der Waals surface area contributed by atoms with Gasteiger partial charge in [-0.15, -0.1) is 0 Å². The summed E-state index contributed by atoms with van der Waals surface area (Å²) in [5.41, 5.74) is 6.51. The van der Waals surface area contributed by atoms with Gasteiger partial charge in [-0.2, -0.15) is 4.31 Å². The van der Waals surface area contributed by atoms with E-state index in [0.717, 1.165) is 12.0 Å². The number of nitrogens with zero attached hydrogens (tertiary/aromatic N) is 1. The zero-order valence-corrected chi connectivity index (χ0v) is 13.4. The first-order valence-corrected chi connectivity index (χ1v) is 8.27. The largest absolute Gasteiger partial charge is 0.383 e. The molecule has 0 radical (unpaired) electrons. The van der Waals surface area contributed by atoms with Crippen LogP contribution in [0.3, 0.4) is 0 Å². The average Bonchev–Trinajstić information content (AvgIpc) is 2.48. The standard InChI is InChI=1S/C14H24N2O4S/c1-19-11-9-16(10-12-20-2)21(17,18)14-5-3-13(4-6-14)7-8-15/h3-6H,7-12,15H2,1-2H3. The summed E-state index contributed by atoms with van der Waals surface area (Å²) in [4.78, 5) is 0.274.